The summed E-state index contributed by atoms with van der Waals surface area (Å²) in [5.74, 6) is 2.40. The Balaban J connectivity index is 1.24. The van der Waals surface area contributed by atoms with E-state index < -0.39 is 0 Å². The SMILES string of the molecule is CN(C(=O)C1CCC(=O)NC1)C1CN(c2ccc3nnc(C4CCC4)n3n2)C1. The van der Waals surface area contributed by atoms with Crippen LogP contribution in [0.25, 0.3) is 5.65 Å². The second-order valence-corrected chi connectivity index (χ2v) is 8.20. The first-order chi connectivity index (χ1) is 13.6. The van der Waals surface area contributed by atoms with Crippen molar-refractivity contribution in [2.75, 3.05) is 31.6 Å². The summed E-state index contributed by atoms with van der Waals surface area (Å²) in [5, 5.41) is 16.1. The lowest BCUT2D eigenvalue weighted by Crippen LogP contribution is -2.61. The lowest BCUT2D eigenvalue weighted by molar-refractivity contribution is -0.138. The predicted molar refractivity (Wildman–Crippen MR) is 102 cm³/mol. The highest BCUT2D eigenvalue weighted by atomic mass is 16.2. The molecule has 2 aromatic rings. The first-order valence-electron chi connectivity index (χ1n) is 10.1. The quantitative estimate of drug-likeness (QED) is 0.829. The molecule has 5 rings (SSSR count). The molecule has 3 fully saturated rings. The zero-order valence-electron chi connectivity index (χ0n) is 16.0. The molecular formula is C19H25N7O2. The van der Waals surface area contributed by atoms with Crippen LogP contribution >= 0.6 is 0 Å². The molecule has 9 nitrogen and oxygen atoms in total. The number of rotatable bonds is 4. The van der Waals surface area contributed by atoms with Crippen LogP contribution in [0, 0.1) is 5.92 Å². The summed E-state index contributed by atoms with van der Waals surface area (Å²) in [6, 6.07) is 4.11. The van der Waals surface area contributed by atoms with Gasteiger partial charge in [0.15, 0.2) is 11.5 Å². The van der Waals surface area contributed by atoms with E-state index in [1.54, 1.807) is 0 Å². The first-order valence-corrected chi connectivity index (χ1v) is 10.1. The van der Waals surface area contributed by atoms with Gasteiger partial charge in [0.2, 0.25) is 11.8 Å². The highest BCUT2D eigenvalue weighted by Gasteiger charge is 2.37. The lowest BCUT2D eigenvalue weighted by atomic mass is 9.85. The summed E-state index contributed by atoms with van der Waals surface area (Å²) < 4.78 is 1.88. The topological polar surface area (TPSA) is 95.7 Å². The average molecular weight is 383 g/mol. The smallest absolute Gasteiger partial charge is 0.227 e. The Hall–Kier alpha value is -2.71. The summed E-state index contributed by atoms with van der Waals surface area (Å²) in [5.41, 5.74) is 0.786. The maximum Gasteiger partial charge on any atom is 0.227 e. The Morgan fingerprint density at radius 2 is 2.04 bits per heavy atom. The summed E-state index contributed by atoms with van der Waals surface area (Å²) in [6.45, 7) is 1.98. The third-order valence-electron chi connectivity index (χ3n) is 6.44. The van der Waals surface area contributed by atoms with E-state index in [-0.39, 0.29) is 23.8 Å². The molecule has 9 heteroatoms. The van der Waals surface area contributed by atoms with E-state index in [1.807, 2.05) is 28.6 Å². The predicted octanol–water partition coefficient (Wildman–Crippen LogP) is 0.565. The number of anilines is 1. The molecular weight excluding hydrogens is 358 g/mol. The summed E-state index contributed by atoms with van der Waals surface area (Å²) >= 11 is 0. The molecule has 1 atom stereocenters. The molecule has 1 aliphatic carbocycles. The fraction of sp³-hybridized carbons (Fsp3) is 0.632. The van der Waals surface area contributed by atoms with Gasteiger partial charge < -0.3 is 15.1 Å². The van der Waals surface area contributed by atoms with Crippen LogP contribution in [0.15, 0.2) is 12.1 Å². The van der Waals surface area contributed by atoms with Gasteiger partial charge in [-0.25, -0.2) is 0 Å². The second kappa shape index (κ2) is 6.72. The number of aromatic nitrogens is 4. The molecule has 148 valence electrons. The second-order valence-electron chi connectivity index (χ2n) is 8.20. The minimum absolute atomic E-state index is 0.0400. The Bertz CT molecular complexity index is 906. The van der Waals surface area contributed by atoms with Crippen molar-refractivity contribution in [2.24, 2.45) is 5.92 Å². The number of carbonyl (C=O) groups is 2. The zero-order valence-corrected chi connectivity index (χ0v) is 16.0. The average Bonchev–Trinajstić information content (AvgIpc) is 3.02. The van der Waals surface area contributed by atoms with Crippen molar-refractivity contribution < 1.29 is 9.59 Å². The van der Waals surface area contributed by atoms with Crippen molar-refractivity contribution in [2.45, 2.75) is 44.1 Å². The molecule has 1 N–H and O–H groups in total. The minimum Gasteiger partial charge on any atom is -0.355 e. The van der Waals surface area contributed by atoms with E-state index in [9.17, 15) is 9.59 Å². The van der Waals surface area contributed by atoms with Gasteiger partial charge in [-0.2, -0.15) is 4.52 Å². The van der Waals surface area contributed by atoms with Crippen LogP contribution in [0.1, 0.15) is 43.8 Å². The molecule has 1 unspecified atom stereocenters. The number of likely N-dealkylation sites (N-methyl/N-ethyl adjacent to an activating group) is 1. The van der Waals surface area contributed by atoms with Crippen LogP contribution in [-0.4, -0.2) is 69.2 Å². The number of fused-ring (bicyclic) bond motifs is 1. The molecule has 4 heterocycles. The van der Waals surface area contributed by atoms with E-state index in [1.165, 1.54) is 6.42 Å². The zero-order chi connectivity index (χ0) is 19.3. The third kappa shape index (κ3) is 2.89. The van der Waals surface area contributed by atoms with Crippen LogP contribution in [0.4, 0.5) is 5.82 Å². The van der Waals surface area contributed by atoms with Gasteiger partial charge in [0.25, 0.3) is 0 Å². The summed E-state index contributed by atoms with van der Waals surface area (Å²) in [7, 11) is 1.87. The molecule has 1 saturated carbocycles. The summed E-state index contributed by atoms with van der Waals surface area (Å²) in [6.07, 6.45) is 4.65. The van der Waals surface area contributed by atoms with E-state index in [0.29, 0.717) is 25.3 Å². The van der Waals surface area contributed by atoms with Crippen LogP contribution < -0.4 is 10.2 Å². The maximum absolute atomic E-state index is 12.7. The van der Waals surface area contributed by atoms with Crippen molar-refractivity contribution >= 4 is 23.3 Å². The van der Waals surface area contributed by atoms with Crippen LogP contribution in [0.3, 0.4) is 0 Å². The van der Waals surface area contributed by atoms with Gasteiger partial charge in [-0.05, 0) is 31.4 Å². The molecule has 2 aliphatic heterocycles. The molecule has 3 aliphatic rings. The van der Waals surface area contributed by atoms with Crippen LogP contribution in [0.2, 0.25) is 0 Å². The highest BCUT2D eigenvalue weighted by Crippen LogP contribution is 2.35. The van der Waals surface area contributed by atoms with E-state index >= 15 is 0 Å². The standard InChI is InChI=1S/C19H25N7O2/c1-24(19(28)13-5-8-17(27)20-9-13)14-10-25(11-14)16-7-6-15-21-22-18(26(15)23-16)12-3-2-4-12/h6-7,12-14H,2-5,8-11H2,1H3,(H,20,27). The molecule has 0 aromatic carbocycles. The number of carbonyl (C=O) groups excluding carboxylic acids is 2. The van der Waals surface area contributed by atoms with E-state index in [2.05, 4.69) is 20.4 Å². The Labute approximate surface area is 163 Å². The van der Waals surface area contributed by atoms with E-state index in [0.717, 1.165) is 43.2 Å². The number of nitrogens with zero attached hydrogens (tertiary/aromatic N) is 6. The number of nitrogens with one attached hydrogen (secondary N) is 1. The van der Waals surface area contributed by atoms with Crippen LogP contribution in [0.5, 0.6) is 0 Å². The Morgan fingerprint density at radius 1 is 1.21 bits per heavy atom. The van der Waals surface area contributed by atoms with Gasteiger partial charge in [0.1, 0.15) is 5.82 Å². The van der Waals surface area contributed by atoms with Crippen molar-refractivity contribution in [3.8, 4) is 0 Å². The molecule has 0 radical (unpaired) electrons. The molecule has 2 amide bonds. The molecule has 2 aromatic heterocycles. The van der Waals surface area contributed by atoms with Crippen molar-refractivity contribution in [1.29, 1.82) is 0 Å². The fourth-order valence-corrected chi connectivity index (χ4v) is 4.18. The summed E-state index contributed by atoms with van der Waals surface area (Å²) in [4.78, 5) is 28.0. The van der Waals surface area contributed by atoms with Gasteiger partial charge in [-0.1, -0.05) is 6.42 Å². The van der Waals surface area contributed by atoms with Gasteiger partial charge in [-0.3, -0.25) is 9.59 Å². The molecule has 0 spiro atoms. The molecule has 28 heavy (non-hydrogen) atoms. The van der Waals surface area contributed by atoms with E-state index in [4.69, 9.17) is 5.10 Å². The minimum atomic E-state index is -0.103. The monoisotopic (exact) mass is 383 g/mol. The highest BCUT2D eigenvalue weighted by molar-refractivity contribution is 5.84. The van der Waals surface area contributed by atoms with Gasteiger partial charge in [0, 0.05) is 39.0 Å². The fourth-order valence-electron chi connectivity index (χ4n) is 4.18. The molecule has 2 saturated heterocycles. The molecule has 0 bridgehead atoms. The van der Waals surface area contributed by atoms with Gasteiger partial charge in [-0.15, -0.1) is 15.3 Å². The number of piperidine rings is 1. The van der Waals surface area contributed by atoms with Crippen LogP contribution in [-0.2, 0) is 9.59 Å². The van der Waals surface area contributed by atoms with Crippen molar-refractivity contribution in [3.63, 3.8) is 0 Å². The van der Waals surface area contributed by atoms with Gasteiger partial charge >= 0.3 is 0 Å². The van der Waals surface area contributed by atoms with Gasteiger partial charge in [0.05, 0.1) is 12.0 Å². The number of hydrogen-bond acceptors (Lipinski definition) is 6. The Morgan fingerprint density at radius 3 is 2.71 bits per heavy atom. The number of hydrogen-bond donors (Lipinski definition) is 1. The number of amides is 2. The largest absolute Gasteiger partial charge is 0.355 e. The Kier molecular flexibility index (Phi) is 4.17. The normalized spacial score (nSPS) is 23.2. The lowest BCUT2D eigenvalue weighted by Gasteiger charge is -2.45. The first kappa shape index (κ1) is 17.4. The van der Waals surface area contributed by atoms with Crippen molar-refractivity contribution in [3.05, 3.63) is 18.0 Å². The third-order valence-corrected chi connectivity index (χ3v) is 6.44. The maximum atomic E-state index is 12.7. The van der Waals surface area contributed by atoms with Crippen molar-refractivity contribution in [1.82, 2.24) is 30.0 Å².